The maximum atomic E-state index is 12.8. The van der Waals surface area contributed by atoms with Gasteiger partial charge in [-0.2, -0.15) is 0 Å². The van der Waals surface area contributed by atoms with Gasteiger partial charge < -0.3 is 9.47 Å². The SMILES string of the molecule is COc1ccc(/C=N/c2nc(-c3ccccc3NS(=O)(=O)c3ccc(Cl)cc3)cs2)cc1OC. The van der Waals surface area contributed by atoms with Crippen LogP contribution in [0.15, 0.2) is 82.0 Å². The van der Waals surface area contributed by atoms with Gasteiger partial charge >= 0.3 is 0 Å². The fourth-order valence-corrected chi connectivity index (χ4v) is 4.99. The van der Waals surface area contributed by atoms with E-state index < -0.39 is 10.0 Å². The number of benzene rings is 3. The van der Waals surface area contributed by atoms with Gasteiger partial charge in [0.05, 0.1) is 30.5 Å². The van der Waals surface area contributed by atoms with Crippen molar-refractivity contribution in [1.29, 1.82) is 0 Å². The van der Waals surface area contributed by atoms with E-state index in [2.05, 4.69) is 14.7 Å². The molecular weight excluding hydrogens is 494 g/mol. The maximum absolute atomic E-state index is 12.8. The summed E-state index contributed by atoms with van der Waals surface area (Å²) in [7, 11) is -0.644. The summed E-state index contributed by atoms with van der Waals surface area (Å²) in [6.45, 7) is 0. The van der Waals surface area contributed by atoms with E-state index in [0.717, 1.165) is 5.56 Å². The minimum atomic E-state index is -3.80. The van der Waals surface area contributed by atoms with Crippen LogP contribution >= 0.6 is 22.9 Å². The summed E-state index contributed by atoms with van der Waals surface area (Å²) in [4.78, 5) is 9.12. The topological polar surface area (TPSA) is 89.9 Å². The summed E-state index contributed by atoms with van der Waals surface area (Å²) in [6.07, 6.45) is 1.68. The molecule has 34 heavy (non-hydrogen) atoms. The van der Waals surface area contributed by atoms with Crippen molar-refractivity contribution in [1.82, 2.24) is 4.98 Å². The van der Waals surface area contributed by atoms with Gasteiger partial charge in [-0.15, -0.1) is 11.3 Å². The Labute approximate surface area is 206 Å². The van der Waals surface area contributed by atoms with Gasteiger partial charge in [0.1, 0.15) is 0 Å². The molecule has 0 spiro atoms. The van der Waals surface area contributed by atoms with Crippen molar-refractivity contribution in [2.75, 3.05) is 18.9 Å². The van der Waals surface area contributed by atoms with Crippen LogP contribution in [0.25, 0.3) is 11.3 Å². The van der Waals surface area contributed by atoms with Crippen molar-refractivity contribution in [3.05, 3.63) is 82.7 Å². The first-order chi connectivity index (χ1) is 16.4. The van der Waals surface area contributed by atoms with Gasteiger partial charge in [0.2, 0.25) is 5.13 Å². The highest BCUT2D eigenvalue weighted by molar-refractivity contribution is 7.92. The number of hydrogen-bond donors (Lipinski definition) is 1. The Morgan fingerprint density at radius 2 is 1.74 bits per heavy atom. The molecule has 0 aliphatic carbocycles. The predicted octanol–water partition coefficient (Wildman–Crippen LogP) is 6.03. The number of thiazole rings is 1. The Morgan fingerprint density at radius 1 is 1.00 bits per heavy atom. The summed E-state index contributed by atoms with van der Waals surface area (Å²) in [5, 5.41) is 2.82. The molecule has 0 fully saturated rings. The smallest absolute Gasteiger partial charge is 0.261 e. The molecule has 7 nitrogen and oxygen atoms in total. The van der Waals surface area contributed by atoms with Crippen LogP contribution in [0.2, 0.25) is 5.02 Å². The van der Waals surface area contributed by atoms with Gasteiger partial charge in [0.25, 0.3) is 10.0 Å². The van der Waals surface area contributed by atoms with E-state index in [4.69, 9.17) is 21.1 Å². The van der Waals surface area contributed by atoms with E-state index in [0.29, 0.717) is 38.6 Å². The average Bonchev–Trinajstić information content (AvgIpc) is 3.31. The first kappa shape index (κ1) is 23.7. The minimum Gasteiger partial charge on any atom is -0.493 e. The monoisotopic (exact) mass is 513 g/mol. The molecule has 3 aromatic carbocycles. The van der Waals surface area contributed by atoms with Crippen molar-refractivity contribution in [3.63, 3.8) is 0 Å². The van der Waals surface area contributed by atoms with Gasteiger partial charge in [0.15, 0.2) is 11.5 Å². The van der Waals surface area contributed by atoms with Crippen LogP contribution < -0.4 is 14.2 Å². The molecule has 174 valence electrons. The maximum Gasteiger partial charge on any atom is 0.261 e. The summed E-state index contributed by atoms with van der Waals surface area (Å²) in [5.74, 6) is 1.24. The second kappa shape index (κ2) is 10.3. The van der Waals surface area contributed by atoms with Gasteiger partial charge in [-0.3, -0.25) is 4.72 Å². The average molecular weight is 514 g/mol. The van der Waals surface area contributed by atoms with Crippen LogP contribution in [-0.2, 0) is 10.0 Å². The van der Waals surface area contributed by atoms with Gasteiger partial charge in [-0.05, 0) is 54.1 Å². The first-order valence-corrected chi connectivity index (χ1v) is 12.7. The Hall–Kier alpha value is -3.40. The largest absolute Gasteiger partial charge is 0.493 e. The van der Waals surface area contributed by atoms with Crippen LogP contribution in [0.3, 0.4) is 0 Å². The van der Waals surface area contributed by atoms with Crippen molar-refractivity contribution < 1.29 is 17.9 Å². The van der Waals surface area contributed by atoms with E-state index >= 15 is 0 Å². The normalized spacial score (nSPS) is 11.5. The molecule has 0 atom stereocenters. The molecule has 4 aromatic rings. The van der Waals surface area contributed by atoms with Crippen LogP contribution in [-0.4, -0.2) is 33.8 Å². The van der Waals surface area contributed by atoms with Gasteiger partial charge in [-0.1, -0.05) is 29.8 Å². The first-order valence-electron chi connectivity index (χ1n) is 9.99. The molecule has 0 amide bonds. The van der Waals surface area contributed by atoms with E-state index in [1.54, 1.807) is 44.7 Å². The molecule has 0 aliphatic rings. The fourth-order valence-electron chi connectivity index (χ4n) is 3.12. The molecule has 1 heterocycles. The number of anilines is 1. The molecule has 0 aliphatic heterocycles. The number of ether oxygens (including phenoxy) is 2. The number of methoxy groups -OCH3 is 2. The zero-order valence-corrected chi connectivity index (χ0v) is 20.6. The molecule has 0 unspecified atom stereocenters. The van der Waals surface area contributed by atoms with Gasteiger partial charge in [-0.25, -0.2) is 18.4 Å². The lowest BCUT2D eigenvalue weighted by Gasteiger charge is -2.11. The molecule has 0 saturated carbocycles. The minimum absolute atomic E-state index is 0.116. The molecule has 0 saturated heterocycles. The highest BCUT2D eigenvalue weighted by Gasteiger charge is 2.17. The van der Waals surface area contributed by atoms with Crippen LogP contribution in [0.5, 0.6) is 11.5 Å². The van der Waals surface area contributed by atoms with Gasteiger partial charge in [0, 0.05) is 22.2 Å². The van der Waals surface area contributed by atoms with Crippen LogP contribution in [0.4, 0.5) is 10.8 Å². The number of nitrogens with one attached hydrogen (secondary N) is 1. The lowest BCUT2D eigenvalue weighted by molar-refractivity contribution is 0.355. The number of nitrogens with zero attached hydrogens (tertiary/aromatic N) is 2. The molecule has 1 N–H and O–H groups in total. The zero-order valence-electron chi connectivity index (χ0n) is 18.2. The number of aliphatic imine (C=N–C) groups is 1. The van der Waals surface area contributed by atoms with Crippen molar-refractivity contribution in [3.8, 4) is 22.8 Å². The lowest BCUT2D eigenvalue weighted by atomic mass is 10.1. The summed E-state index contributed by atoms with van der Waals surface area (Å²) in [5.41, 5.74) is 2.49. The Balaban J connectivity index is 1.57. The molecule has 10 heteroatoms. The quantitative estimate of drug-likeness (QED) is 0.290. The van der Waals surface area contributed by atoms with Crippen molar-refractivity contribution in [2.45, 2.75) is 4.90 Å². The number of para-hydroxylation sites is 1. The second-order valence-corrected chi connectivity index (χ2v) is 9.95. The van der Waals surface area contributed by atoms with E-state index in [-0.39, 0.29) is 4.90 Å². The Kier molecular flexibility index (Phi) is 7.16. The fraction of sp³-hybridized carbons (Fsp3) is 0.0833. The second-order valence-electron chi connectivity index (χ2n) is 6.99. The number of hydrogen-bond acceptors (Lipinski definition) is 7. The lowest BCUT2D eigenvalue weighted by Crippen LogP contribution is -2.13. The molecule has 1 aromatic heterocycles. The van der Waals surface area contributed by atoms with Crippen molar-refractivity contribution in [2.24, 2.45) is 4.99 Å². The standard InChI is InChI=1S/C24H20ClN3O4S2/c1-31-22-12-7-16(13-23(22)32-2)14-26-24-27-21(15-33-24)19-5-3-4-6-20(19)28-34(29,30)18-10-8-17(25)9-11-18/h3-15,28H,1-2H3/b26-14+. The van der Waals surface area contributed by atoms with Crippen LogP contribution in [0, 0.1) is 0 Å². The Bertz CT molecular complexity index is 1430. The molecule has 0 radical (unpaired) electrons. The molecule has 0 bridgehead atoms. The number of halogens is 1. The van der Waals surface area contributed by atoms with E-state index in [1.807, 2.05) is 23.6 Å². The third-order valence-electron chi connectivity index (χ3n) is 4.79. The number of rotatable bonds is 8. The predicted molar refractivity (Wildman–Crippen MR) is 137 cm³/mol. The highest BCUT2D eigenvalue weighted by Crippen LogP contribution is 2.33. The summed E-state index contributed by atoms with van der Waals surface area (Å²) >= 11 is 7.23. The summed E-state index contributed by atoms with van der Waals surface area (Å²) < 4.78 is 38.9. The number of aromatic nitrogens is 1. The van der Waals surface area contributed by atoms with E-state index in [1.165, 1.54) is 35.6 Å². The molecular formula is C24H20ClN3O4S2. The third-order valence-corrected chi connectivity index (χ3v) is 7.18. The molecule has 4 rings (SSSR count). The summed E-state index contributed by atoms with van der Waals surface area (Å²) in [6, 6.07) is 18.5. The van der Waals surface area contributed by atoms with E-state index in [9.17, 15) is 8.42 Å². The third kappa shape index (κ3) is 5.39. The number of sulfonamides is 1. The zero-order chi connectivity index (χ0) is 24.1. The highest BCUT2D eigenvalue weighted by atomic mass is 35.5. The van der Waals surface area contributed by atoms with Crippen LogP contribution in [0.1, 0.15) is 5.56 Å². The van der Waals surface area contributed by atoms with Crippen molar-refractivity contribution >= 4 is 50.0 Å². The Morgan fingerprint density at radius 3 is 2.47 bits per heavy atom.